The topological polar surface area (TPSA) is 76.4 Å². The van der Waals surface area contributed by atoms with Crippen molar-refractivity contribution in [3.8, 4) is 5.95 Å². The number of morpholine rings is 1. The van der Waals surface area contributed by atoms with Crippen LogP contribution < -0.4 is 0 Å². The maximum absolute atomic E-state index is 13.1. The van der Waals surface area contributed by atoms with Gasteiger partial charge in [0, 0.05) is 48.8 Å². The molecule has 4 rings (SSSR count). The van der Waals surface area contributed by atoms with Crippen LogP contribution in [0.1, 0.15) is 47.6 Å². The number of ether oxygens (including phenoxy) is 1. The van der Waals surface area contributed by atoms with E-state index in [1.54, 1.807) is 4.68 Å². The van der Waals surface area contributed by atoms with E-state index in [4.69, 9.17) is 4.74 Å². The Bertz CT molecular complexity index is 922. The summed E-state index contributed by atoms with van der Waals surface area (Å²) in [4.78, 5) is 26.7. The lowest BCUT2D eigenvalue weighted by molar-refractivity contribution is -0.131. The highest BCUT2D eigenvalue weighted by Crippen LogP contribution is 2.23. The molecule has 2 saturated heterocycles. The molecule has 0 bridgehead atoms. The Morgan fingerprint density at radius 3 is 2.34 bits per heavy atom. The fourth-order valence-corrected chi connectivity index (χ4v) is 4.85. The van der Waals surface area contributed by atoms with Crippen molar-refractivity contribution in [2.24, 2.45) is 5.92 Å². The molecular weight excluding hydrogens is 404 g/mol. The maximum atomic E-state index is 13.1. The van der Waals surface area contributed by atoms with E-state index in [1.807, 2.05) is 38.7 Å². The van der Waals surface area contributed by atoms with Crippen LogP contribution in [0.3, 0.4) is 0 Å². The standard InChI is InChI=1S/C24H36N6O2/c1-17-15-18(2)26-24(25-17)30-20(4)22(19(3)27-30)16-23(31)29-9-6-21(7-10-29)5-8-28-11-13-32-14-12-28/h15,21H,5-14,16H2,1-4H3. The highest BCUT2D eigenvalue weighted by atomic mass is 16.5. The fourth-order valence-electron chi connectivity index (χ4n) is 4.85. The second-order valence-corrected chi connectivity index (χ2v) is 9.26. The summed E-state index contributed by atoms with van der Waals surface area (Å²) in [6.45, 7) is 14.6. The normalized spacial score (nSPS) is 18.3. The second-order valence-electron chi connectivity index (χ2n) is 9.26. The van der Waals surface area contributed by atoms with Crippen molar-refractivity contribution < 1.29 is 9.53 Å². The van der Waals surface area contributed by atoms with Gasteiger partial charge in [-0.1, -0.05) is 0 Å². The number of likely N-dealkylation sites (tertiary alicyclic amines) is 1. The lowest BCUT2D eigenvalue weighted by Gasteiger charge is -2.34. The van der Waals surface area contributed by atoms with Gasteiger partial charge >= 0.3 is 0 Å². The van der Waals surface area contributed by atoms with Crippen molar-refractivity contribution in [3.05, 3.63) is 34.4 Å². The molecule has 0 atom stereocenters. The Hall–Kier alpha value is -2.32. The summed E-state index contributed by atoms with van der Waals surface area (Å²) in [5.74, 6) is 1.49. The minimum atomic E-state index is 0.198. The molecule has 2 aromatic rings. The van der Waals surface area contributed by atoms with Gasteiger partial charge in [-0.25, -0.2) is 14.6 Å². The van der Waals surface area contributed by atoms with Gasteiger partial charge in [0.1, 0.15) is 0 Å². The summed E-state index contributed by atoms with van der Waals surface area (Å²) < 4.78 is 7.21. The number of hydrogen-bond donors (Lipinski definition) is 0. The average molecular weight is 441 g/mol. The van der Waals surface area contributed by atoms with Gasteiger partial charge in [0.25, 0.3) is 5.95 Å². The Balaban J connectivity index is 1.33. The number of amides is 1. The monoisotopic (exact) mass is 440 g/mol. The number of piperidine rings is 1. The summed E-state index contributed by atoms with van der Waals surface area (Å²) in [6, 6.07) is 1.95. The van der Waals surface area contributed by atoms with Gasteiger partial charge in [-0.3, -0.25) is 9.69 Å². The van der Waals surface area contributed by atoms with E-state index >= 15 is 0 Å². The van der Waals surface area contributed by atoms with Crippen LogP contribution in [0.25, 0.3) is 5.95 Å². The number of aryl methyl sites for hydroxylation is 3. The van der Waals surface area contributed by atoms with Crippen LogP contribution in [0.15, 0.2) is 6.07 Å². The Kier molecular flexibility index (Phi) is 7.20. The number of carbonyl (C=O) groups is 1. The molecule has 0 radical (unpaired) electrons. The van der Waals surface area contributed by atoms with E-state index in [0.29, 0.717) is 12.4 Å². The van der Waals surface area contributed by atoms with Gasteiger partial charge in [-0.05, 0) is 65.5 Å². The molecular formula is C24H36N6O2. The summed E-state index contributed by atoms with van der Waals surface area (Å²) in [5, 5.41) is 4.65. The highest BCUT2D eigenvalue weighted by Gasteiger charge is 2.25. The quantitative estimate of drug-likeness (QED) is 0.687. The molecule has 32 heavy (non-hydrogen) atoms. The Morgan fingerprint density at radius 1 is 1.03 bits per heavy atom. The molecule has 4 heterocycles. The largest absolute Gasteiger partial charge is 0.379 e. The van der Waals surface area contributed by atoms with Gasteiger partial charge in [-0.2, -0.15) is 5.10 Å². The lowest BCUT2D eigenvalue weighted by atomic mass is 9.93. The van der Waals surface area contributed by atoms with Gasteiger partial charge < -0.3 is 9.64 Å². The van der Waals surface area contributed by atoms with Crippen LogP contribution in [-0.4, -0.2) is 81.4 Å². The molecule has 2 aliphatic heterocycles. The predicted octanol–water partition coefficient (Wildman–Crippen LogP) is 2.40. The zero-order valence-electron chi connectivity index (χ0n) is 19.9. The van der Waals surface area contributed by atoms with Crippen molar-refractivity contribution in [2.75, 3.05) is 45.9 Å². The highest BCUT2D eigenvalue weighted by molar-refractivity contribution is 5.79. The van der Waals surface area contributed by atoms with E-state index in [0.717, 1.165) is 93.0 Å². The third-order valence-electron chi connectivity index (χ3n) is 6.85. The number of hydrogen-bond acceptors (Lipinski definition) is 6. The van der Waals surface area contributed by atoms with Crippen LogP contribution in [0.2, 0.25) is 0 Å². The Morgan fingerprint density at radius 2 is 1.69 bits per heavy atom. The summed E-state index contributed by atoms with van der Waals surface area (Å²) in [6.07, 6.45) is 3.82. The predicted molar refractivity (Wildman–Crippen MR) is 123 cm³/mol. The van der Waals surface area contributed by atoms with E-state index in [9.17, 15) is 4.79 Å². The number of nitrogens with zero attached hydrogens (tertiary/aromatic N) is 6. The molecule has 8 nitrogen and oxygen atoms in total. The van der Waals surface area contributed by atoms with E-state index in [2.05, 4.69) is 20.0 Å². The van der Waals surface area contributed by atoms with Crippen LogP contribution in [-0.2, 0) is 16.0 Å². The first kappa shape index (κ1) is 22.9. The summed E-state index contributed by atoms with van der Waals surface area (Å²) >= 11 is 0. The number of aromatic nitrogens is 4. The lowest BCUT2D eigenvalue weighted by Crippen LogP contribution is -2.41. The van der Waals surface area contributed by atoms with E-state index in [1.165, 1.54) is 6.42 Å². The first-order chi connectivity index (χ1) is 15.4. The number of rotatable bonds is 6. The first-order valence-electron chi connectivity index (χ1n) is 11.9. The first-order valence-corrected chi connectivity index (χ1v) is 11.9. The van der Waals surface area contributed by atoms with Crippen molar-refractivity contribution in [2.45, 2.75) is 53.4 Å². The molecule has 0 unspecified atom stereocenters. The van der Waals surface area contributed by atoms with Gasteiger partial charge in [-0.15, -0.1) is 0 Å². The van der Waals surface area contributed by atoms with Crippen LogP contribution in [0.4, 0.5) is 0 Å². The second kappa shape index (κ2) is 10.1. The van der Waals surface area contributed by atoms with Crippen LogP contribution in [0, 0.1) is 33.6 Å². The fraction of sp³-hybridized carbons (Fsp3) is 0.667. The number of carbonyl (C=O) groups excluding carboxylic acids is 1. The SMILES string of the molecule is Cc1cc(C)nc(-n2nc(C)c(CC(=O)N3CCC(CCN4CCOCC4)CC3)c2C)n1. The molecule has 1 amide bonds. The van der Waals surface area contributed by atoms with Gasteiger partial charge in [0.2, 0.25) is 5.91 Å². The zero-order chi connectivity index (χ0) is 22.7. The van der Waals surface area contributed by atoms with Crippen molar-refractivity contribution in [3.63, 3.8) is 0 Å². The van der Waals surface area contributed by atoms with E-state index in [-0.39, 0.29) is 5.91 Å². The molecule has 174 valence electrons. The minimum absolute atomic E-state index is 0.198. The maximum Gasteiger partial charge on any atom is 0.251 e. The van der Waals surface area contributed by atoms with E-state index < -0.39 is 0 Å². The van der Waals surface area contributed by atoms with Crippen molar-refractivity contribution in [1.82, 2.24) is 29.5 Å². The zero-order valence-corrected chi connectivity index (χ0v) is 19.9. The molecule has 0 aliphatic carbocycles. The molecule has 0 aromatic carbocycles. The molecule has 0 N–H and O–H groups in total. The molecule has 0 saturated carbocycles. The molecule has 0 spiro atoms. The van der Waals surface area contributed by atoms with Crippen molar-refractivity contribution >= 4 is 5.91 Å². The molecule has 2 aliphatic rings. The smallest absolute Gasteiger partial charge is 0.251 e. The van der Waals surface area contributed by atoms with Crippen LogP contribution >= 0.6 is 0 Å². The minimum Gasteiger partial charge on any atom is -0.379 e. The molecule has 2 aromatic heterocycles. The molecule has 8 heteroatoms. The summed E-state index contributed by atoms with van der Waals surface area (Å²) in [7, 11) is 0. The average Bonchev–Trinajstić information content (AvgIpc) is 3.06. The van der Waals surface area contributed by atoms with Gasteiger partial charge in [0.05, 0.1) is 25.3 Å². The Labute approximate surface area is 191 Å². The third kappa shape index (κ3) is 5.35. The third-order valence-corrected chi connectivity index (χ3v) is 6.85. The molecule has 2 fully saturated rings. The summed E-state index contributed by atoms with van der Waals surface area (Å²) in [5.41, 5.74) is 4.63. The van der Waals surface area contributed by atoms with Crippen LogP contribution in [0.5, 0.6) is 0 Å². The van der Waals surface area contributed by atoms with Gasteiger partial charge in [0.15, 0.2) is 0 Å². The van der Waals surface area contributed by atoms with Crippen molar-refractivity contribution in [1.29, 1.82) is 0 Å².